The lowest BCUT2D eigenvalue weighted by molar-refractivity contribution is 0.0679. The summed E-state index contributed by atoms with van der Waals surface area (Å²) in [5.74, 6) is 2.62. The molecule has 0 bridgehead atoms. The number of pyridine rings is 1. The van der Waals surface area contributed by atoms with E-state index in [4.69, 9.17) is 19.4 Å². The molecule has 0 aliphatic carbocycles. The number of ether oxygens (including phenoxy) is 2. The summed E-state index contributed by atoms with van der Waals surface area (Å²) in [5.41, 5.74) is 4.08. The Bertz CT molecular complexity index is 1290. The number of hydrogen-bond donors (Lipinski definition) is 0. The van der Waals surface area contributed by atoms with Gasteiger partial charge in [0, 0.05) is 56.3 Å². The molecule has 1 atom stereocenters. The van der Waals surface area contributed by atoms with Crippen LogP contribution in [0.5, 0.6) is 5.75 Å². The molecule has 0 N–H and O–H groups in total. The molecule has 2 aliphatic rings. The highest BCUT2D eigenvalue weighted by molar-refractivity contribution is 5.81. The highest BCUT2D eigenvalue weighted by atomic mass is 16.5. The second-order valence-corrected chi connectivity index (χ2v) is 9.43. The Labute approximate surface area is 217 Å². The van der Waals surface area contributed by atoms with Crippen LogP contribution in [0.1, 0.15) is 12.8 Å². The average molecular weight is 494 g/mol. The van der Waals surface area contributed by atoms with Gasteiger partial charge in [-0.15, -0.1) is 0 Å². The number of benzene rings is 2. The normalized spacial score (nSPS) is 17.7. The molecule has 2 saturated heterocycles. The standard InChI is InChI=1S/C30H31N5O2/c1-2-7-23(8-3-1)27-21-32-30(35-18-16-34(17-19-35)28-10-4-5-15-31-28)33-29(27)24-11-13-25(14-12-24)37-22-26-9-6-20-36-26/h1-5,7-8,10-15,21,26H,6,9,16-20,22H2. The maximum absolute atomic E-state index is 5.99. The predicted molar refractivity (Wildman–Crippen MR) is 146 cm³/mol. The second-order valence-electron chi connectivity index (χ2n) is 9.43. The largest absolute Gasteiger partial charge is 0.491 e. The van der Waals surface area contributed by atoms with Crippen LogP contribution in [0.3, 0.4) is 0 Å². The maximum atomic E-state index is 5.99. The summed E-state index contributed by atoms with van der Waals surface area (Å²) in [5, 5.41) is 0. The SMILES string of the molecule is c1ccc(-c2cnc(N3CCN(c4ccccn4)CC3)nc2-c2ccc(OCC3CCCO3)cc2)cc1. The van der Waals surface area contributed by atoms with Gasteiger partial charge in [0.1, 0.15) is 18.2 Å². The molecule has 188 valence electrons. The Morgan fingerprint density at radius 3 is 2.32 bits per heavy atom. The van der Waals surface area contributed by atoms with Gasteiger partial charge in [-0.05, 0) is 54.8 Å². The lowest BCUT2D eigenvalue weighted by Gasteiger charge is -2.35. The van der Waals surface area contributed by atoms with E-state index in [0.717, 1.165) is 85.5 Å². The Morgan fingerprint density at radius 1 is 0.811 bits per heavy atom. The van der Waals surface area contributed by atoms with Crippen LogP contribution in [-0.2, 0) is 4.74 Å². The lowest BCUT2D eigenvalue weighted by Crippen LogP contribution is -2.47. The molecular formula is C30H31N5O2. The van der Waals surface area contributed by atoms with Crippen molar-refractivity contribution in [2.24, 2.45) is 0 Å². The van der Waals surface area contributed by atoms with Crippen LogP contribution < -0.4 is 14.5 Å². The fourth-order valence-corrected chi connectivity index (χ4v) is 4.92. The van der Waals surface area contributed by atoms with Gasteiger partial charge in [0.05, 0.1) is 11.8 Å². The number of hydrogen-bond acceptors (Lipinski definition) is 7. The van der Waals surface area contributed by atoms with E-state index in [1.54, 1.807) is 0 Å². The Kier molecular flexibility index (Phi) is 6.94. The second kappa shape index (κ2) is 11.0. The molecule has 37 heavy (non-hydrogen) atoms. The summed E-state index contributed by atoms with van der Waals surface area (Å²) in [4.78, 5) is 19.0. The fraction of sp³-hybridized carbons (Fsp3) is 0.300. The van der Waals surface area contributed by atoms with E-state index in [1.807, 2.05) is 54.9 Å². The minimum absolute atomic E-state index is 0.201. The Morgan fingerprint density at radius 2 is 1.59 bits per heavy atom. The zero-order valence-corrected chi connectivity index (χ0v) is 20.9. The smallest absolute Gasteiger partial charge is 0.226 e. The van der Waals surface area contributed by atoms with Crippen molar-refractivity contribution in [2.45, 2.75) is 18.9 Å². The van der Waals surface area contributed by atoms with Crippen LogP contribution in [0.4, 0.5) is 11.8 Å². The van der Waals surface area contributed by atoms with Crippen molar-refractivity contribution in [3.8, 4) is 28.1 Å². The quantitative estimate of drug-likeness (QED) is 0.355. The molecule has 0 saturated carbocycles. The molecule has 6 rings (SSSR count). The van der Waals surface area contributed by atoms with Crippen molar-refractivity contribution in [3.05, 3.63) is 85.2 Å². The van der Waals surface area contributed by atoms with Crippen LogP contribution in [0.2, 0.25) is 0 Å². The first-order chi connectivity index (χ1) is 18.3. The van der Waals surface area contributed by atoms with Crippen LogP contribution in [0.15, 0.2) is 85.2 Å². The minimum Gasteiger partial charge on any atom is -0.491 e. The topological polar surface area (TPSA) is 63.6 Å². The van der Waals surface area contributed by atoms with Gasteiger partial charge in [0.25, 0.3) is 0 Å². The van der Waals surface area contributed by atoms with E-state index in [1.165, 1.54) is 0 Å². The van der Waals surface area contributed by atoms with Gasteiger partial charge in [-0.3, -0.25) is 0 Å². The highest BCUT2D eigenvalue weighted by Gasteiger charge is 2.22. The van der Waals surface area contributed by atoms with Gasteiger partial charge < -0.3 is 19.3 Å². The van der Waals surface area contributed by atoms with Crippen LogP contribution in [0.25, 0.3) is 22.4 Å². The molecule has 0 radical (unpaired) electrons. The van der Waals surface area contributed by atoms with E-state index in [2.05, 4.69) is 45.1 Å². The number of piperazine rings is 1. The zero-order valence-electron chi connectivity index (χ0n) is 20.9. The predicted octanol–water partition coefficient (Wildman–Crippen LogP) is 5.09. The summed E-state index contributed by atoms with van der Waals surface area (Å²) in [6.45, 7) is 4.88. The minimum atomic E-state index is 0.201. The highest BCUT2D eigenvalue weighted by Crippen LogP contribution is 2.32. The molecule has 0 spiro atoms. The van der Waals surface area contributed by atoms with Crippen molar-refractivity contribution in [1.29, 1.82) is 0 Å². The Hall–Kier alpha value is -3.97. The average Bonchev–Trinajstić information content (AvgIpc) is 3.51. The van der Waals surface area contributed by atoms with Crippen molar-refractivity contribution in [3.63, 3.8) is 0 Å². The summed E-state index contributed by atoms with van der Waals surface area (Å²) < 4.78 is 11.7. The Balaban J connectivity index is 1.24. The molecule has 2 aromatic carbocycles. The summed E-state index contributed by atoms with van der Waals surface area (Å²) >= 11 is 0. The van der Waals surface area contributed by atoms with Gasteiger partial charge in [0.2, 0.25) is 5.95 Å². The van der Waals surface area contributed by atoms with Crippen LogP contribution in [-0.4, -0.2) is 60.4 Å². The summed E-state index contributed by atoms with van der Waals surface area (Å²) in [6.07, 6.45) is 6.19. The first-order valence-corrected chi connectivity index (χ1v) is 13.0. The van der Waals surface area contributed by atoms with Crippen LogP contribution in [0, 0.1) is 0 Å². The first kappa shape index (κ1) is 23.4. The molecule has 4 aromatic rings. The fourth-order valence-electron chi connectivity index (χ4n) is 4.92. The third kappa shape index (κ3) is 5.42. The van der Waals surface area contributed by atoms with Crippen LogP contribution >= 0.6 is 0 Å². The number of anilines is 2. The molecule has 2 aromatic heterocycles. The van der Waals surface area contributed by atoms with Gasteiger partial charge in [0.15, 0.2) is 0 Å². The summed E-state index contributed by atoms with van der Waals surface area (Å²) in [7, 11) is 0. The van der Waals surface area contributed by atoms with Crippen molar-refractivity contribution in [1.82, 2.24) is 15.0 Å². The lowest BCUT2D eigenvalue weighted by atomic mass is 10.0. The van der Waals surface area contributed by atoms with Crippen molar-refractivity contribution < 1.29 is 9.47 Å². The van der Waals surface area contributed by atoms with Gasteiger partial charge >= 0.3 is 0 Å². The van der Waals surface area contributed by atoms with E-state index >= 15 is 0 Å². The number of rotatable bonds is 7. The third-order valence-corrected chi connectivity index (χ3v) is 6.98. The monoisotopic (exact) mass is 493 g/mol. The summed E-state index contributed by atoms with van der Waals surface area (Å²) in [6, 6.07) is 24.6. The van der Waals surface area contributed by atoms with Gasteiger partial charge in [-0.2, -0.15) is 0 Å². The molecule has 1 unspecified atom stereocenters. The van der Waals surface area contributed by atoms with E-state index < -0.39 is 0 Å². The van der Waals surface area contributed by atoms with E-state index in [9.17, 15) is 0 Å². The van der Waals surface area contributed by atoms with E-state index in [-0.39, 0.29) is 6.10 Å². The third-order valence-electron chi connectivity index (χ3n) is 6.98. The number of nitrogens with zero attached hydrogens (tertiary/aromatic N) is 5. The molecular weight excluding hydrogens is 462 g/mol. The molecule has 4 heterocycles. The molecule has 2 aliphatic heterocycles. The van der Waals surface area contributed by atoms with Crippen molar-refractivity contribution >= 4 is 11.8 Å². The zero-order chi connectivity index (χ0) is 24.9. The van der Waals surface area contributed by atoms with E-state index in [0.29, 0.717) is 6.61 Å². The van der Waals surface area contributed by atoms with Gasteiger partial charge in [-0.1, -0.05) is 36.4 Å². The first-order valence-electron chi connectivity index (χ1n) is 13.0. The van der Waals surface area contributed by atoms with Crippen molar-refractivity contribution in [2.75, 3.05) is 49.2 Å². The van der Waals surface area contributed by atoms with Gasteiger partial charge in [-0.25, -0.2) is 15.0 Å². The molecule has 7 nitrogen and oxygen atoms in total. The molecule has 0 amide bonds. The molecule has 2 fully saturated rings. The maximum Gasteiger partial charge on any atom is 0.226 e. The molecule has 7 heteroatoms. The number of aromatic nitrogens is 3.